The fourth-order valence-electron chi connectivity index (χ4n) is 3.36. The summed E-state index contributed by atoms with van der Waals surface area (Å²) in [6.45, 7) is 2.32. The van der Waals surface area contributed by atoms with Gasteiger partial charge in [-0.05, 0) is 39.3 Å². The maximum absolute atomic E-state index is 12.2. The summed E-state index contributed by atoms with van der Waals surface area (Å²) in [7, 11) is 5.89. The van der Waals surface area contributed by atoms with Crippen LogP contribution in [0.3, 0.4) is 0 Å². The molecule has 2 aliphatic heterocycles. The van der Waals surface area contributed by atoms with Gasteiger partial charge in [-0.1, -0.05) is 6.08 Å². The van der Waals surface area contributed by atoms with Crippen LogP contribution in [0.25, 0.3) is 0 Å². The molecule has 2 amide bonds. The van der Waals surface area contributed by atoms with Gasteiger partial charge in [0.1, 0.15) is 0 Å². The van der Waals surface area contributed by atoms with E-state index in [1.807, 2.05) is 41.9 Å². The summed E-state index contributed by atoms with van der Waals surface area (Å²) >= 11 is 0. The second-order valence-electron chi connectivity index (χ2n) is 6.46. The van der Waals surface area contributed by atoms with Crippen molar-refractivity contribution in [3.63, 3.8) is 0 Å². The van der Waals surface area contributed by atoms with Crippen LogP contribution in [-0.2, 0) is 9.59 Å². The molecule has 0 aromatic rings. The maximum Gasteiger partial charge on any atom is 0.246 e. The Labute approximate surface area is 127 Å². The van der Waals surface area contributed by atoms with E-state index in [9.17, 15) is 9.59 Å². The van der Waals surface area contributed by atoms with Gasteiger partial charge in [0.05, 0.1) is 0 Å². The number of nitrogens with zero attached hydrogens (tertiary/aromatic N) is 3. The van der Waals surface area contributed by atoms with E-state index in [0.29, 0.717) is 18.4 Å². The summed E-state index contributed by atoms with van der Waals surface area (Å²) in [5.74, 6) is 0.795. The first-order valence-electron chi connectivity index (χ1n) is 7.85. The molecule has 21 heavy (non-hydrogen) atoms. The zero-order valence-corrected chi connectivity index (χ0v) is 13.4. The molecule has 0 bridgehead atoms. The average Bonchev–Trinajstić information content (AvgIpc) is 2.58. The molecule has 2 saturated heterocycles. The van der Waals surface area contributed by atoms with Crippen molar-refractivity contribution in [2.75, 3.05) is 40.8 Å². The Morgan fingerprint density at radius 2 is 2.14 bits per heavy atom. The van der Waals surface area contributed by atoms with Crippen LogP contribution in [0.4, 0.5) is 0 Å². The van der Waals surface area contributed by atoms with E-state index >= 15 is 0 Å². The summed E-state index contributed by atoms with van der Waals surface area (Å²) in [4.78, 5) is 30.0. The highest BCUT2D eigenvalue weighted by Crippen LogP contribution is 2.29. The minimum absolute atomic E-state index is 0.105. The van der Waals surface area contributed by atoms with E-state index in [4.69, 9.17) is 0 Å². The number of rotatable bonds is 3. The molecule has 0 aromatic carbocycles. The summed E-state index contributed by atoms with van der Waals surface area (Å²) in [5, 5.41) is 0. The van der Waals surface area contributed by atoms with Crippen molar-refractivity contribution in [3.8, 4) is 0 Å². The van der Waals surface area contributed by atoms with Crippen molar-refractivity contribution in [1.29, 1.82) is 0 Å². The monoisotopic (exact) mass is 293 g/mol. The van der Waals surface area contributed by atoms with E-state index in [0.717, 1.165) is 38.9 Å². The first-order chi connectivity index (χ1) is 9.99. The van der Waals surface area contributed by atoms with Crippen molar-refractivity contribution >= 4 is 11.8 Å². The van der Waals surface area contributed by atoms with E-state index in [1.165, 1.54) is 0 Å². The molecular formula is C16H27N3O2. The molecule has 0 N–H and O–H groups in total. The quantitative estimate of drug-likeness (QED) is 0.728. The molecule has 0 aromatic heterocycles. The van der Waals surface area contributed by atoms with Crippen LogP contribution in [0.15, 0.2) is 12.2 Å². The Bertz CT molecular complexity index is 420. The molecular weight excluding hydrogens is 266 g/mol. The van der Waals surface area contributed by atoms with Crippen LogP contribution in [0.2, 0.25) is 0 Å². The number of carbonyl (C=O) groups is 2. The maximum atomic E-state index is 12.2. The predicted octanol–water partition coefficient (Wildman–Crippen LogP) is 0.964. The molecule has 0 aliphatic carbocycles. The molecule has 0 saturated carbocycles. The Balaban J connectivity index is 1.94. The molecule has 2 fully saturated rings. The number of likely N-dealkylation sites (N-methyl/N-ethyl adjacent to an activating group) is 1. The van der Waals surface area contributed by atoms with Gasteiger partial charge in [-0.15, -0.1) is 0 Å². The third-order valence-corrected chi connectivity index (χ3v) is 4.59. The summed E-state index contributed by atoms with van der Waals surface area (Å²) in [5.41, 5.74) is 0. The first kappa shape index (κ1) is 16.0. The Morgan fingerprint density at radius 3 is 2.86 bits per heavy atom. The standard InChI is InChI=1S/C16H27N3O2/c1-17(2)10-5-8-16(21)19-11-9-14-13(12-19)6-4-7-15(20)18(14)3/h5,8,13-14H,4,6-7,9-12H2,1-3H3/b8-5+/t13-,14-/m1/s1. The zero-order valence-electron chi connectivity index (χ0n) is 13.4. The van der Waals surface area contributed by atoms with Gasteiger partial charge in [0, 0.05) is 45.2 Å². The van der Waals surface area contributed by atoms with Crippen LogP contribution in [0.1, 0.15) is 25.7 Å². The van der Waals surface area contributed by atoms with Crippen molar-refractivity contribution in [2.24, 2.45) is 5.92 Å². The number of piperidine rings is 1. The topological polar surface area (TPSA) is 43.9 Å². The van der Waals surface area contributed by atoms with Crippen molar-refractivity contribution in [1.82, 2.24) is 14.7 Å². The molecule has 0 spiro atoms. The van der Waals surface area contributed by atoms with Gasteiger partial charge in [0.25, 0.3) is 0 Å². The number of hydrogen-bond donors (Lipinski definition) is 0. The van der Waals surface area contributed by atoms with Gasteiger partial charge >= 0.3 is 0 Å². The van der Waals surface area contributed by atoms with Crippen LogP contribution < -0.4 is 0 Å². The lowest BCUT2D eigenvalue weighted by atomic mass is 9.88. The first-order valence-corrected chi connectivity index (χ1v) is 7.85. The number of likely N-dealkylation sites (tertiary alicyclic amines) is 2. The molecule has 2 heterocycles. The average molecular weight is 293 g/mol. The molecule has 0 radical (unpaired) electrons. The highest BCUT2D eigenvalue weighted by Gasteiger charge is 2.36. The van der Waals surface area contributed by atoms with Gasteiger partial charge in [0.2, 0.25) is 11.8 Å². The SMILES string of the molecule is CN(C)C/C=C/C(=O)N1CC[C@@H]2[C@H](CCCC(=O)N2C)C1. The molecule has 5 heteroatoms. The lowest BCUT2D eigenvalue weighted by Gasteiger charge is -2.41. The van der Waals surface area contributed by atoms with Crippen molar-refractivity contribution in [2.45, 2.75) is 31.7 Å². The van der Waals surface area contributed by atoms with Crippen molar-refractivity contribution in [3.05, 3.63) is 12.2 Å². The van der Waals surface area contributed by atoms with Gasteiger partial charge in [-0.25, -0.2) is 0 Å². The number of amides is 2. The van der Waals surface area contributed by atoms with Gasteiger partial charge in [0.15, 0.2) is 0 Å². The summed E-state index contributed by atoms with van der Waals surface area (Å²) in [6, 6.07) is 0.315. The van der Waals surface area contributed by atoms with Crippen LogP contribution >= 0.6 is 0 Å². The minimum Gasteiger partial charge on any atom is -0.342 e. The highest BCUT2D eigenvalue weighted by molar-refractivity contribution is 5.87. The lowest BCUT2D eigenvalue weighted by Crippen LogP contribution is -2.51. The van der Waals surface area contributed by atoms with E-state index in [-0.39, 0.29) is 11.8 Å². The van der Waals surface area contributed by atoms with E-state index in [1.54, 1.807) is 6.08 Å². The minimum atomic E-state index is 0.105. The normalized spacial score (nSPS) is 27.1. The Hall–Kier alpha value is -1.36. The highest BCUT2D eigenvalue weighted by atomic mass is 16.2. The molecule has 2 atom stereocenters. The van der Waals surface area contributed by atoms with Crippen LogP contribution in [0, 0.1) is 5.92 Å². The van der Waals surface area contributed by atoms with Crippen molar-refractivity contribution < 1.29 is 9.59 Å². The van der Waals surface area contributed by atoms with Crippen LogP contribution in [-0.4, -0.2) is 73.3 Å². The second kappa shape index (κ2) is 7.07. The molecule has 0 unspecified atom stereocenters. The van der Waals surface area contributed by atoms with E-state index in [2.05, 4.69) is 0 Å². The largest absolute Gasteiger partial charge is 0.342 e. The lowest BCUT2D eigenvalue weighted by molar-refractivity contribution is -0.134. The third kappa shape index (κ3) is 4.06. The van der Waals surface area contributed by atoms with E-state index < -0.39 is 0 Å². The fourth-order valence-corrected chi connectivity index (χ4v) is 3.36. The fraction of sp³-hybridized carbons (Fsp3) is 0.750. The summed E-state index contributed by atoms with van der Waals surface area (Å²) in [6.07, 6.45) is 7.15. The smallest absolute Gasteiger partial charge is 0.246 e. The van der Waals surface area contributed by atoms with Gasteiger partial charge in [-0.3, -0.25) is 9.59 Å². The zero-order chi connectivity index (χ0) is 15.4. The van der Waals surface area contributed by atoms with Crippen LogP contribution in [0.5, 0.6) is 0 Å². The number of hydrogen-bond acceptors (Lipinski definition) is 3. The summed E-state index contributed by atoms with van der Waals surface area (Å²) < 4.78 is 0. The third-order valence-electron chi connectivity index (χ3n) is 4.59. The number of carbonyl (C=O) groups excluding carboxylic acids is 2. The molecule has 118 valence electrons. The van der Waals surface area contributed by atoms with Gasteiger partial charge < -0.3 is 14.7 Å². The van der Waals surface area contributed by atoms with Gasteiger partial charge in [-0.2, -0.15) is 0 Å². The Kier molecular flexibility index (Phi) is 5.39. The predicted molar refractivity (Wildman–Crippen MR) is 82.8 cm³/mol. The molecule has 2 rings (SSSR count). The molecule has 5 nitrogen and oxygen atoms in total. The molecule has 2 aliphatic rings. The second-order valence-corrected chi connectivity index (χ2v) is 6.46. The number of fused-ring (bicyclic) bond motifs is 1. The Morgan fingerprint density at radius 1 is 1.38 bits per heavy atom.